The summed E-state index contributed by atoms with van der Waals surface area (Å²) in [5.74, 6) is 0.185. The highest BCUT2D eigenvalue weighted by molar-refractivity contribution is 9.09. The molecular weight excluding hydrogens is 352 g/mol. The maximum Gasteiger partial charge on any atom is 0.110 e. The van der Waals surface area contributed by atoms with E-state index < -0.39 is 5.60 Å². The standard InChI is InChI=1S/C20H23BrO2/c1-2-15-8-10-18(11-9-15)20(12-16(13-22)14-23-20)19(21)17-6-4-3-5-7-17/h3-11,16,19,22H,2,12-14H2,1H3/t16-,19?,20-/m1/s1. The first-order valence-corrected chi connectivity index (χ1v) is 9.14. The van der Waals surface area contributed by atoms with Gasteiger partial charge in [-0.3, -0.25) is 0 Å². The predicted octanol–water partition coefficient (Wildman–Crippen LogP) is 4.61. The van der Waals surface area contributed by atoms with Gasteiger partial charge in [-0.25, -0.2) is 0 Å². The van der Waals surface area contributed by atoms with Gasteiger partial charge >= 0.3 is 0 Å². The van der Waals surface area contributed by atoms with Gasteiger partial charge < -0.3 is 9.84 Å². The number of ether oxygens (including phenoxy) is 1. The summed E-state index contributed by atoms with van der Waals surface area (Å²) in [7, 11) is 0. The molecule has 2 nitrogen and oxygen atoms in total. The van der Waals surface area contributed by atoms with E-state index in [0.29, 0.717) is 6.61 Å². The second-order valence-corrected chi connectivity index (χ2v) is 7.19. The molecule has 3 atom stereocenters. The van der Waals surface area contributed by atoms with Crippen molar-refractivity contribution in [1.29, 1.82) is 0 Å². The molecule has 0 aromatic heterocycles. The summed E-state index contributed by atoms with van der Waals surface area (Å²) in [6, 6.07) is 19.1. The fraction of sp³-hybridized carbons (Fsp3) is 0.400. The number of aliphatic hydroxyl groups is 1. The molecule has 1 N–H and O–H groups in total. The molecule has 1 heterocycles. The molecule has 0 bridgehead atoms. The minimum atomic E-state index is -0.430. The number of aryl methyl sites for hydroxylation is 1. The van der Waals surface area contributed by atoms with Crippen LogP contribution in [0.15, 0.2) is 54.6 Å². The molecule has 1 fully saturated rings. The van der Waals surface area contributed by atoms with Crippen LogP contribution in [0.4, 0.5) is 0 Å². The van der Waals surface area contributed by atoms with Gasteiger partial charge in [-0.1, -0.05) is 77.5 Å². The quantitative estimate of drug-likeness (QED) is 0.774. The Labute approximate surface area is 146 Å². The fourth-order valence-corrected chi connectivity index (χ4v) is 4.26. The van der Waals surface area contributed by atoms with Gasteiger partial charge in [0.05, 0.1) is 11.4 Å². The molecule has 2 aromatic carbocycles. The molecular formula is C20H23BrO2. The summed E-state index contributed by atoms with van der Waals surface area (Å²) in [6.45, 7) is 2.93. The van der Waals surface area contributed by atoms with Gasteiger partial charge in [0.15, 0.2) is 0 Å². The third kappa shape index (κ3) is 3.23. The van der Waals surface area contributed by atoms with Crippen molar-refractivity contribution in [2.24, 2.45) is 5.92 Å². The van der Waals surface area contributed by atoms with E-state index in [1.807, 2.05) is 6.07 Å². The van der Waals surface area contributed by atoms with Crippen molar-refractivity contribution in [2.75, 3.05) is 13.2 Å². The molecule has 23 heavy (non-hydrogen) atoms. The van der Waals surface area contributed by atoms with Crippen LogP contribution < -0.4 is 0 Å². The summed E-state index contributed by atoms with van der Waals surface area (Å²) >= 11 is 3.89. The van der Waals surface area contributed by atoms with Gasteiger partial charge in [0, 0.05) is 12.5 Å². The van der Waals surface area contributed by atoms with Gasteiger partial charge in [0.1, 0.15) is 5.60 Å². The van der Waals surface area contributed by atoms with Crippen molar-refractivity contribution in [3.63, 3.8) is 0 Å². The first-order valence-electron chi connectivity index (χ1n) is 8.23. The lowest BCUT2D eigenvalue weighted by molar-refractivity contribution is -0.00213. The highest BCUT2D eigenvalue weighted by atomic mass is 79.9. The maximum atomic E-state index is 9.58. The summed E-state index contributed by atoms with van der Waals surface area (Å²) in [6.07, 6.45) is 1.85. The zero-order chi connectivity index (χ0) is 16.3. The molecule has 122 valence electrons. The van der Waals surface area contributed by atoms with Crippen LogP contribution >= 0.6 is 15.9 Å². The summed E-state index contributed by atoms with van der Waals surface area (Å²) < 4.78 is 6.31. The van der Waals surface area contributed by atoms with Gasteiger partial charge in [0.2, 0.25) is 0 Å². The Bertz CT molecular complexity index is 626. The Morgan fingerprint density at radius 2 is 1.87 bits per heavy atom. The van der Waals surface area contributed by atoms with Crippen LogP contribution in [0.25, 0.3) is 0 Å². The number of hydrogen-bond donors (Lipinski definition) is 1. The minimum Gasteiger partial charge on any atom is -0.396 e. The van der Waals surface area contributed by atoms with E-state index in [1.165, 1.54) is 16.7 Å². The molecule has 0 saturated carbocycles. The Morgan fingerprint density at radius 3 is 2.43 bits per heavy atom. The Hall–Kier alpha value is -1.16. The number of halogens is 1. The maximum absolute atomic E-state index is 9.58. The van der Waals surface area contributed by atoms with E-state index in [1.54, 1.807) is 0 Å². The van der Waals surface area contributed by atoms with Crippen LogP contribution in [0, 0.1) is 5.92 Å². The number of benzene rings is 2. The largest absolute Gasteiger partial charge is 0.396 e. The van der Waals surface area contributed by atoms with Crippen LogP contribution in [0.1, 0.15) is 34.9 Å². The highest BCUT2D eigenvalue weighted by Gasteiger charge is 2.47. The van der Waals surface area contributed by atoms with E-state index in [4.69, 9.17) is 4.74 Å². The zero-order valence-electron chi connectivity index (χ0n) is 13.4. The average molecular weight is 375 g/mol. The third-order valence-electron chi connectivity index (χ3n) is 4.78. The van der Waals surface area contributed by atoms with Crippen LogP contribution in [0.3, 0.4) is 0 Å². The highest BCUT2D eigenvalue weighted by Crippen LogP contribution is 2.51. The molecule has 1 saturated heterocycles. The molecule has 0 aliphatic carbocycles. The monoisotopic (exact) mass is 374 g/mol. The van der Waals surface area contributed by atoms with Crippen LogP contribution in [-0.2, 0) is 16.8 Å². The summed E-state index contributed by atoms with van der Waals surface area (Å²) in [5.41, 5.74) is 3.27. The second kappa shape index (κ2) is 7.16. The van der Waals surface area contributed by atoms with Gasteiger partial charge in [-0.15, -0.1) is 0 Å². The molecule has 0 spiro atoms. The Kier molecular flexibility index (Phi) is 5.20. The van der Waals surface area contributed by atoms with Gasteiger partial charge in [-0.05, 0) is 29.5 Å². The van der Waals surface area contributed by atoms with Crippen molar-refractivity contribution in [2.45, 2.75) is 30.2 Å². The number of aliphatic hydroxyl groups excluding tert-OH is 1. The molecule has 1 aliphatic rings. The number of rotatable bonds is 5. The van der Waals surface area contributed by atoms with Gasteiger partial charge in [0.25, 0.3) is 0 Å². The Morgan fingerprint density at radius 1 is 1.17 bits per heavy atom. The summed E-state index contributed by atoms with van der Waals surface area (Å²) in [4.78, 5) is 0.0558. The van der Waals surface area contributed by atoms with Gasteiger partial charge in [-0.2, -0.15) is 0 Å². The Balaban J connectivity index is 2.00. The molecule has 1 aliphatic heterocycles. The lowest BCUT2D eigenvalue weighted by Crippen LogP contribution is -2.30. The zero-order valence-corrected chi connectivity index (χ0v) is 15.0. The van der Waals surface area contributed by atoms with Crippen LogP contribution in [0.2, 0.25) is 0 Å². The SMILES string of the molecule is CCc1ccc([C@@]2(C(Br)c3ccccc3)C[C@H](CO)CO2)cc1. The molecule has 2 aromatic rings. The molecule has 0 radical (unpaired) electrons. The van der Waals surface area contributed by atoms with Crippen molar-refractivity contribution in [3.05, 3.63) is 71.3 Å². The molecule has 3 heteroatoms. The van der Waals surface area contributed by atoms with E-state index in [9.17, 15) is 5.11 Å². The predicted molar refractivity (Wildman–Crippen MR) is 96.8 cm³/mol. The minimum absolute atomic E-state index is 0.0558. The molecule has 1 unspecified atom stereocenters. The molecule has 0 amide bonds. The normalized spacial score (nSPS) is 25.4. The van der Waals surface area contributed by atoms with E-state index in [0.717, 1.165) is 12.8 Å². The first-order chi connectivity index (χ1) is 11.2. The number of hydrogen-bond acceptors (Lipinski definition) is 2. The van der Waals surface area contributed by atoms with Crippen molar-refractivity contribution >= 4 is 15.9 Å². The third-order valence-corrected chi connectivity index (χ3v) is 6.05. The summed E-state index contributed by atoms with van der Waals surface area (Å²) in [5, 5.41) is 9.58. The lowest BCUT2D eigenvalue weighted by Gasteiger charge is -2.34. The van der Waals surface area contributed by atoms with E-state index >= 15 is 0 Å². The molecule has 3 rings (SSSR count). The smallest absolute Gasteiger partial charge is 0.110 e. The fourth-order valence-electron chi connectivity index (χ4n) is 3.37. The van der Waals surface area contributed by atoms with Crippen molar-refractivity contribution < 1.29 is 9.84 Å². The second-order valence-electron chi connectivity index (χ2n) is 6.28. The topological polar surface area (TPSA) is 29.5 Å². The first kappa shape index (κ1) is 16.7. The van der Waals surface area contributed by atoms with E-state index in [-0.39, 0.29) is 17.4 Å². The lowest BCUT2D eigenvalue weighted by atomic mass is 9.82. The van der Waals surface area contributed by atoms with Crippen LogP contribution in [-0.4, -0.2) is 18.3 Å². The van der Waals surface area contributed by atoms with E-state index in [2.05, 4.69) is 71.4 Å². The van der Waals surface area contributed by atoms with Crippen LogP contribution in [0.5, 0.6) is 0 Å². The number of alkyl halides is 1. The van der Waals surface area contributed by atoms with Crippen molar-refractivity contribution in [1.82, 2.24) is 0 Å². The van der Waals surface area contributed by atoms with Crippen molar-refractivity contribution in [3.8, 4) is 0 Å². The average Bonchev–Trinajstić information content (AvgIpc) is 3.07.